The minimum Gasteiger partial charge on any atom is -0.376 e. The SMILES string of the molecule is CC(C)(C)NC(=O)NC1(CC(N)=O)COC1. The van der Waals surface area contributed by atoms with Crippen molar-refractivity contribution in [3.05, 3.63) is 0 Å². The van der Waals surface area contributed by atoms with E-state index in [-0.39, 0.29) is 18.0 Å². The van der Waals surface area contributed by atoms with Crippen molar-refractivity contribution in [1.29, 1.82) is 0 Å². The Hall–Kier alpha value is -1.30. The van der Waals surface area contributed by atoms with Crippen molar-refractivity contribution in [2.75, 3.05) is 13.2 Å². The molecule has 16 heavy (non-hydrogen) atoms. The summed E-state index contributed by atoms with van der Waals surface area (Å²) >= 11 is 0. The third-order valence-corrected chi connectivity index (χ3v) is 2.14. The highest BCUT2D eigenvalue weighted by molar-refractivity contribution is 5.79. The second-order valence-corrected chi connectivity index (χ2v) is 5.25. The zero-order chi connectivity index (χ0) is 12.4. The molecule has 0 unspecified atom stereocenters. The summed E-state index contributed by atoms with van der Waals surface area (Å²) in [6, 6.07) is -0.308. The molecule has 0 saturated carbocycles. The van der Waals surface area contributed by atoms with Gasteiger partial charge < -0.3 is 21.1 Å². The Balaban J connectivity index is 2.50. The molecule has 92 valence electrons. The van der Waals surface area contributed by atoms with Gasteiger partial charge in [-0.25, -0.2) is 4.79 Å². The third kappa shape index (κ3) is 3.69. The molecule has 0 aromatic heterocycles. The fourth-order valence-corrected chi connectivity index (χ4v) is 1.51. The van der Waals surface area contributed by atoms with E-state index in [1.54, 1.807) is 0 Å². The Morgan fingerprint density at radius 1 is 1.38 bits per heavy atom. The Morgan fingerprint density at radius 2 is 1.94 bits per heavy atom. The van der Waals surface area contributed by atoms with Crippen LogP contribution in [0.4, 0.5) is 4.79 Å². The average Bonchev–Trinajstić information content (AvgIpc) is 1.95. The van der Waals surface area contributed by atoms with Crippen LogP contribution in [-0.4, -0.2) is 36.2 Å². The number of urea groups is 1. The normalized spacial score (nSPS) is 18.4. The second-order valence-electron chi connectivity index (χ2n) is 5.25. The molecule has 1 saturated heterocycles. The van der Waals surface area contributed by atoms with Gasteiger partial charge in [0, 0.05) is 5.54 Å². The van der Waals surface area contributed by atoms with Gasteiger partial charge in [-0.1, -0.05) is 0 Å². The Morgan fingerprint density at radius 3 is 2.25 bits per heavy atom. The summed E-state index contributed by atoms with van der Waals surface area (Å²) in [5.41, 5.74) is 4.18. The lowest BCUT2D eigenvalue weighted by molar-refractivity contribution is -0.127. The van der Waals surface area contributed by atoms with Crippen molar-refractivity contribution in [3.8, 4) is 0 Å². The predicted molar refractivity (Wildman–Crippen MR) is 58.8 cm³/mol. The number of rotatable bonds is 3. The number of nitrogens with two attached hydrogens (primary N) is 1. The molecule has 0 spiro atoms. The Kier molecular flexibility index (Phi) is 3.42. The van der Waals surface area contributed by atoms with E-state index < -0.39 is 11.4 Å². The monoisotopic (exact) mass is 229 g/mol. The molecule has 1 aliphatic rings. The number of carbonyl (C=O) groups excluding carboxylic acids is 2. The lowest BCUT2D eigenvalue weighted by atomic mass is 9.93. The molecule has 0 aromatic rings. The summed E-state index contributed by atoms with van der Waals surface area (Å²) in [4.78, 5) is 22.5. The van der Waals surface area contributed by atoms with Crippen LogP contribution in [0, 0.1) is 0 Å². The molecule has 4 N–H and O–H groups in total. The number of primary amides is 1. The molecule has 1 fully saturated rings. The standard InChI is InChI=1S/C10H19N3O3/c1-9(2,3)12-8(15)13-10(4-7(11)14)5-16-6-10/h4-6H2,1-3H3,(H2,11,14)(H2,12,13,15). The predicted octanol–water partition coefficient (Wildman–Crippen LogP) is -0.271. The van der Waals surface area contributed by atoms with Gasteiger partial charge in [-0.2, -0.15) is 0 Å². The summed E-state index contributed by atoms with van der Waals surface area (Å²) in [5.74, 6) is -0.445. The fourth-order valence-electron chi connectivity index (χ4n) is 1.51. The van der Waals surface area contributed by atoms with Crippen LogP contribution in [0.2, 0.25) is 0 Å². The van der Waals surface area contributed by atoms with Gasteiger partial charge in [0.05, 0.1) is 25.2 Å². The maximum absolute atomic E-state index is 11.6. The highest BCUT2D eigenvalue weighted by atomic mass is 16.5. The summed E-state index contributed by atoms with van der Waals surface area (Å²) in [7, 11) is 0. The molecule has 0 aliphatic carbocycles. The summed E-state index contributed by atoms with van der Waals surface area (Å²) in [5, 5.41) is 5.50. The molecule has 1 rings (SSSR count). The van der Waals surface area contributed by atoms with E-state index in [4.69, 9.17) is 10.5 Å². The molecule has 1 aliphatic heterocycles. The van der Waals surface area contributed by atoms with Gasteiger partial charge >= 0.3 is 6.03 Å². The third-order valence-electron chi connectivity index (χ3n) is 2.14. The molecule has 0 atom stereocenters. The van der Waals surface area contributed by atoms with E-state index in [1.165, 1.54) is 0 Å². The van der Waals surface area contributed by atoms with E-state index in [0.717, 1.165) is 0 Å². The van der Waals surface area contributed by atoms with Gasteiger partial charge in [0.25, 0.3) is 0 Å². The number of carbonyl (C=O) groups is 2. The van der Waals surface area contributed by atoms with Crippen molar-refractivity contribution in [2.24, 2.45) is 5.73 Å². The molecule has 3 amide bonds. The molecule has 0 radical (unpaired) electrons. The van der Waals surface area contributed by atoms with Crippen LogP contribution in [0.25, 0.3) is 0 Å². The molecular weight excluding hydrogens is 210 g/mol. The highest BCUT2D eigenvalue weighted by Gasteiger charge is 2.41. The number of hydrogen-bond donors (Lipinski definition) is 3. The van der Waals surface area contributed by atoms with Crippen LogP contribution in [0.1, 0.15) is 27.2 Å². The molecule has 1 heterocycles. The van der Waals surface area contributed by atoms with E-state index in [2.05, 4.69) is 10.6 Å². The highest BCUT2D eigenvalue weighted by Crippen LogP contribution is 2.20. The number of amides is 3. The second kappa shape index (κ2) is 4.29. The maximum Gasteiger partial charge on any atom is 0.315 e. The first-order chi connectivity index (χ1) is 7.22. The molecular formula is C10H19N3O3. The van der Waals surface area contributed by atoms with Crippen molar-refractivity contribution in [2.45, 2.75) is 38.3 Å². The number of ether oxygens (including phenoxy) is 1. The fraction of sp³-hybridized carbons (Fsp3) is 0.800. The minimum absolute atomic E-state index is 0.102. The molecule has 6 nitrogen and oxygen atoms in total. The van der Waals surface area contributed by atoms with Crippen molar-refractivity contribution in [1.82, 2.24) is 10.6 Å². The summed E-state index contributed by atoms with van der Waals surface area (Å²) in [6.07, 6.45) is 0.102. The minimum atomic E-state index is -0.624. The van der Waals surface area contributed by atoms with E-state index in [1.807, 2.05) is 20.8 Å². The zero-order valence-electron chi connectivity index (χ0n) is 9.92. The van der Waals surface area contributed by atoms with E-state index in [9.17, 15) is 9.59 Å². The topological polar surface area (TPSA) is 93.5 Å². The van der Waals surface area contributed by atoms with Gasteiger partial charge in [-0.05, 0) is 20.8 Å². The molecule has 0 bridgehead atoms. The van der Waals surface area contributed by atoms with Crippen molar-refractivity contribution in [3.63, 3.8) is 0 Å². The van der Waals surface area contributed by atoms with Crippen LogP contribution in [0.3, 0.4) is 0 Å². The van der Waals surface area contributed by atoms with E-state index >= 15 is 0 Å². The van der Waals surface area contributed by atoms with E-state index in [0.29, 0.717) is 13.2 Å². The van der Waals surface area contributed by atoms with Gasteiger partial charge in [-0.15, -0.1) is 0 Å². The number of hydrogen-bond acceptors (Lipinski definition) is 3. The van der Waals surface area contributed by atoms with Crippen molar-refractivity contribution >= 4 is 11.9 Å². The lowest BCUT2D eigenvalue weighted by Gasteiger charge is -2.41. The molecule has 6 heteroatoms. The quantitative estimate of drug-likeness (QED) is 0.621. The van der Waals surface area contributed by atoms with Gasteiger partial charge in [0.15, 0.2) is 0 Å². The van der Waals surface area contributed by atoms with Crippen LogP contribution in [0.15, 0.2) is 0 Å². The first kappa shape index (κ1) is 12.8. The Bertz CT molecular complexity index is 292. The van der Waals surface area contributed by atoms with Gasteiger partial charge in [0.1, 0.15) is 0 Å². The Labute approximate surface area is 94.9 Å². The van der Waals surface area contributed by atoms with Crippen molar-refractivity contribution < 1.29 is 14.3 Å². The average molecular weight is 229 g/mol. The van der Waals surface area contributed by atoms with Crippen LogP contribution < -0.4 is 16.4 Å². The van der Waals surface area contributed by atoms with Crippen LogP contribution >= 0.6 is 0 Å². The van der Waals surface area contributed by atoms with Crippen LogP contribution in [0.5, 0.6) is 0 Å². The number of nitrogens with one attached hydrogen (secondary N) is 2. The van der Waals surface area contributed by atoms with Gasteiger partial charge in [0.2, 0.25) is 5.91 Å². The first-order valence-electron chi connectivity index (χ1n) is 5.19. The molecule has 0 aromatic carbocycles. The summed E-state index contributed by atoms with van der Waals surface area (Å²) < 4.78 is 5.02. The zero-order valence-corrected chi connectivity index (χ0v) is 9.92. The van der Waals surface area contributed by atoms with Gasteiger partial charge in [-0.3, -0.25) is 4.79 Å². The van der Waals surface area contributed by atoms with Crippen LogP contribution in [-0.2, 0) is 9.53 Å². The first-order valence-corrected chi connectivity index (χ1v) is 5.19. The smallest absolute Gasteiger partial charge is 0.315 e. The largest absolute Gasteiger partial charge is 0.376 e. The maximum atomic E-state index is 11.6. The lowest BCUT2D eigenvalue weighted by Crippen LogP contribution is -2.66. The summed E-state index contributed by atoms with van der Waals surface area (Å²) in [6.45, 7) is 6.29.